The second-order valence-corrected chi connectivity index (χ2v) is 3.10. The molecule has 0 amide bonds. The lowest BCUT2D eigenvalue weighted by Crippen LogP contribution is -2.06. The minimum Gasteiger partial charge on any atom is -0.386 e. The summed E-state index contributed by atoms with van der Waals surface area (Å²) in [6.45, 7) is 3.94. The second-order valence-electron chi connectivity index (χ2n) is 3.10. The molecule has 1 N–H and O–H groups in total. The van der Waals surface area contributed by atoms with E-state index in [1.807, 2.05) is 33.2 Å². The Labute approximate surface area is 66.7 Å². The van der Waals surface area contributed by atoms with Crippen LogP contribution in [-0.2, 0) is 7.05 Å². The molecule has 0 saturated carbocycles. The van der Waals surface area contributed by atoms with Crippen LogP contribution in [0.3, 0.4) is 0 Å². The van der Waals surface area contributed by atoms with Gasteiger partial charge in [0.1, 0.15) is 6.10 Å². The molecular formula is C8H14N2O. The maximum atomic E-state index is 9.54. The highest BCUT2D eigenvalue weighted by Crippen LogP contribution is 2.18. The summed E-state index contributed by atoms with van der Waals surface area (Å²) in [6, 6.07) is 1.84. The number of aryl methyl sites for hydroxylation is 1. The van der Waals surface area contributed by atoms with Gasteiger partial charge in [-0.25, -0.2) is 0 Å². The topological polar surface area (TPSA) is 38.0 Å². The molecule has 0 saturated heterocycles. The monoisotopic (exact) mass is 154 g/mol. The third kappa shape index (κ3) is 1.80. The summed E-state index contributed by atoms with van der Waals surface area (Å²) in [5.41, 5.74) is 0.752. The maximum Gasteiger partial charge on any atom is 0.100 e. The van der Waals surface area contributed by atoms with E-state index in [2.05, 4.69) is 5.10 Å². The molecule has 0 aromatic carbocycles. The molecule has 0 aliphatic heterocycles. The minimum atomic E-state index is -0.434. The van der Waals surface area contributed by atoms with Crippen LogP contribution < -0.4 is 0 Å². The zero-order valence-electron chi connectivity index (χ0n) is 7.15. The zero-order chi connectivity index (χ0) is 8.43. The van der Waals surface area contributed by atoms with Gasteiger partial charge in [0.05, 0.1) is 5.69 Å². The van der Waals surface area contributed by atoms with Gasteiger partial charge in [0.15, 0.2) is 0 Å². The Bertz CT molecular complexity index is 230. The van der Waals surface area contributed by atoms with Crippen molar-refractivity contribution in [2.24, 2.45) is 13.0 Å². The molecule has 0 aliphatic carbocycles. The van der Waals surface area contributed by atoms with E-state index in [1.165, 1.54) is 0 Å². The molecule has 1 aromatic heterocycles. The number of aliphatic hydroxyl groups excluding tert-OH is 1. The normalized spacial score (nSPS) is 13.9. The van der Waals surface area contributed by atoms with Crippen LogP contribution in [0.15, 0.2) is 12.3 Å². The van der Waals surface area contributed by atoms with Crippen molar-refractivity contribution in [2.75, 3.05) is 0 Å². The highest BCUT2D eigenvalue weighted by atomic mass is 16.3. The van der Waals surface area contributed by atoms with E-state index < -0.39 is 6.10 Å². The third-order valence-electron chi connectivity index (χ3n) is 1.67. The van der Waals surface area contributed by atoms with Gasteiger partial charge in [-0.05, 0) is 12.0 Å². The summed E-state index contributed by atoms with van der Waals surface area (Å²) in [7, 11) is 1.84. The van der Waals surface area contributed by atoms with Gasteiger partial charge in [-0.1, -0.05) is 13.8 Å². The summed E-state index contributed by atoms with van der Waals surface area (Å²) >= 11 is 0. The van der Waals surface area contributed by atoms with Gasteiger partial charge in [0, 0.05) is 13.2 Å². The standard InChI is InChI=1S/C8H14N2O/c1-6(2)8(11)7-4-5-10(3)9-7/h4-6,8,11H,1-3H3. The Morgan fingerprint density at radius 3 is 2.55 bits per heavy atom. The lowest BCUT2D eigenvalue weighted by atomic mass is 10.1. The van der Waals surface area contributed by atoms with Crippen molar-refractivity contribution in [3.63, 3.8) is 0 Å². The predicted molar refractivity (Wildman–Crippen MR) is 43.0 cm³/mol. The van der Waals surface area contributed by atoms with Crippen LogP contribution in [0.5, 0.6) is 0 Å². The van der Waals surface area contributed by atoms with Gasteiger partial charge in [-0.2, -0.15) is 5.10 Å². The fourth-order valence-corrected chi connectivity index (χ4v) is 0.932. The Morgan fingerprint density at radius 2 is 2.18 bits per heavy atom. The molecule has 1 unspecified atom stereocenters. The molecule has 0 radical (unpaired) electrons. The van der Waals surface area contributed by atoms with E-state index >= 15 is 0 Å². The average Bonchev–Trinajstić information content (AvgIpc) is 2.34. The van der Waals surface area contributed by atoms with Crippen molar-refractivity contribution < 1.29 is 5.11 Å². The first-order valence-corrected chi connectivity index (χ1v) is 3.79. The lowest BCUT2D eigenvalue weighted by Gasteiger charge is -2.10. The van der Waals surface area contributed by atoms with E-state index in [0.717, 1.165) is 5.69 Å². The number of aliphatic hydroxyl groups is 1. The van der Waals surface area contributed by atoms with Crippen molar-refractivity contribution in [1.29, 1.82) is 0 Å². The molecule has 1 rings (SSSR count). The second kappa shape index (κ2) is 3.05. The van der Waals surface area contributed by atoms with Crippen molar-refractivity contribution in [3.05, 3.63) is 18.0 Å². The number of rotatable bonds is 2. The molecule has 0 spiro atoms. The summed E-state index contributed by atoms with van der Waals surface area (Å²) in [5, 5.41) is 13.6. The summed E-state index contributed by atoms with van der Waals surface area (Å²) in [4.78, 5) is 0. The van der Waals surface area contributed by atoms with Crippen LogP contribution in [0.1, 0.15) is 25.6 Å². The summed E-state index contributed by atoms with van der Waals surface area (Å²) < 4.78 is 1.70. The van der Waals surface area contributed by atoms with Crippen LogP contribution in [0.25, 0.3) is 0 Å². The van der Waals surface area contributed by atoms with Gasteiger partial charge < -0.3 is 5.11 Å². The first-order valence-electron chi connectivity index (χ1n) is 3.79. The van der Waals surface area contributed by atoms with Crippen LogP contribution in [0.4, 0.5) is 0 Å². The Hall–Kier alpha value is -0.830. The van der Waals surface area contributed by atoms with Gasteiger partial charge >= 0.3 is 0 Å². The molecule has 0 aliphatic rings. The van der Waals surface area contributed by atoms with Gasteiger partial charge in [0.2, 0.25) is 0 Å². The molecule has 0 bridgehead atoms. The Morgan fingerprint density at radius 1 is 1.55 bits per heavy atom. The summed E-state index contributed by atoms with van der Waals surface area (Å²) in [6.07, 6.45) is 1.40. The number of nitrogens with zero attached hydrogens (tertiary/aromatic N) is 2. The fraction of sp³-hybridized carbons (Fsp3) is 0.625. The van der Waals surface area contributed by atoms with Crippen LogP contribution in [-0.4, -0.2) is 14.9 Å². The first kappa shape index (κ1) is 8.27. The first-order chi connectivity index (χ1) is 5.11. The largest absolute Gasteiger partial charge is 0.386 e. The highest BCUT2D eigenvalue weighted by molar-refractivity contribution is 5.03. The summed E-state index contributed by atoms with van der Waals surface area (Å²) in [5.74, 6) is 0.227. The van der Waals surface area contributed by atoms with Crippen LogP contribution >= 0.6 is 0 Å². The SMILES string of the molecule is CC(C)C(O)c1ccn(C)n1. The van der Waals surface area contributed by atoms with Crippen molar-refractivity contribution in [2.45, 2.75) is 20.0 Å². The van der Waals surface area contributed by atoms with Crippen LogP contribution in [0.2, 0.25) is 0 Å². The van der Waals surface area contributed by atoms with Crippen molar-refractivity contribution >= 4 is 0 Å². The van der Waals surface area contributed by atoms with Crippen molar-refractivity contribution in [3.8, 4) is 0 Å². The molecule has 0 fully saturated rings. The van der Waals surface area contributed by atoms with Gasteiger partial charge in [-0.3, -0.25) is 4.68 Å². The molecule has 1 aromatic rings. The van der Waals surface area contributed by atoms with Crippen LogP contribution in [0, 0.1) is 5.92 Å². The fourth-order valence-electron chi connectivity index (χ4n) is 0.932. The molecule has 1 atom stereocenters. The molecular weight excluding hydrogens is 140 g/mol. The van der Waals surface area contributed by atoms with E-state index in [1.54, 1.807) is 4.68 Å². The molecule has 1 heterocycles. The molecule has 3 nitrogen and oxygen atoms in total. The Kier molecular flexibility index (Phi) is 2.29. The molecule has 62 valence electrons. The minimum absolute atomic E-state index is 0.227. The highest BCUT2D eigenvalue weighted by Gasteiger charge is 2.13. The predicted octanol–water partition coefficient (Wildman–Crippen LogP) is 1.11. The van der Waals surface area contributed by atoms with Gasteiger partial charge in [-0.15, -0.1) is 0 Å². The van der Waals surface area contributed by atoms with Crippen molar-refractivity contribution in [1.82, 2.24) is 9.78 Å². The van der Waals surface area contributed by atoms with E-state index in [4.69, 9.17) is 0 Å². The zero-order valence-corrected chi connectivity index (χ0v) is 7.15. The molecule has 11 heavy (non-hydrogen) atoms. The molecule has 3 heteroatoms. The third-order valence-corrected chi connectivity index (χ3v) is 1.67. The number of aromatic nitrogens is 2. The number of hydrogen-bond donors (Lipinski definition) is 1. The van der Waals surface area contributed by atoms with Gasteiger partial charge in [0.25, 0.3) is 0 Å². The Balaban J connectivity index is 2.76. The smallest absolute Gasteiger partial charge is 0.100 e. The van der Waals surface area contributed by atoms with E-state index in [-0.39, 0.29) is 5.92 Å². The van der Waals surface area contributed by atoms with E-state index in [0.29, 0.717) is 0 Å². The van der Waals surface area contributed by atoms with E-state index in [9.17, 15) is 5.11 Å². The lowest BCUT2D eigenvalue weighted by molar-refractivity contribution is 0.122. The number of hydrogen-bond acceptors (Lipinski definition) is 2. The quantitative estimate of drug-likeness (QED) is 0.693. The average molecular weight is 154 g/mol. The maximum absolute atomic E-state index is 9.54.